The van der Waals surface area contributed by atoms with E-state index in [9.17, 15) is 5.11 Å². The SMILES string of the molecule is CC(O)C#Cc1ccc(-c2ccc(-c3cccs3)s2)s1. The Hall–Kier alpha value is -1.38. The summed E-state index contributed by atoms with van der Waals surface area (Å²) in [6.07, 6.45) is -0.576. The highest BCUT2D eigenvalue weighted by molar-refractivity contribution is 7.26. The minimum Gasteiger partial charge on any atom is -0.381 e. The summed E-state index contributed by atoms with van der Waals surface area (Å²) in [5.74, 6) is 5.77. The lowest BCUT2D eigenvalue weighted by atomic mass is 10.3. The quantitative estimate of drug-likeness (QED) is 0.664. The molecule has 0 spiro atoms. The molecule has 0 amide bonds. The van der Waals surface area contributed by atoms with Gasteiger partial charge in [-0.15, -0.1) is 34.0 Å². The molecule has 0 radical (unpaired) electrons. The molecule has 3 aromatic rings. The largest absolute Gasteiger partial charge is 0.381 e. The van der Waals surface area contributed by atoms with Gasteiger partial charge < -0.3 is 5.11 Å². The van der Waals surface area contributed by atoms with Crippen molar-refractivity contribution >= 4 is 34.0 Å². The number of aliphatic hydroxyl groups excluding tert-OH is 1. The van der Waals surface area contributed by atoms with Crippen LogP contribution in [0.3, 0.4) is 0 Å². The lowest BCUT2D eigenvalue weighted by molar-refractivity contribution is 0.253. The first kappa shape index (κ1) is 13.6. The maximum absolute atomic E-state index is 9.18. The smallest absolute Gasteiger partial charge is 0.112 e. The number of aliphatic hydroxyl groups is 1. The Morgan fingerprint density at radius 2 is 1.65 bits per heavy atom. The molecule has 1 atom stereocenters. The van der Waals surface area contributed by atoms with Gasteiger partial charge in [0.25, 0.3) is 0 Å². The third-order valence-electron chi connectivity index (χ3n) is 2.62. The minimum absolute atomic E-state index is 0.576. The summed E-state index contributed by atoms with van der Waals surface area (Å²) < 4.78 is 0. The summed E-state index contributed by atoms with van der Waals surface area (Å²) in [4.78, 5) is 6.11. The number of hydrogen-bond acceptors (Lipinski definition) is 4. The summed E-state index contributed by atoms with van der Waals surface area (Å²) in [5, 5.41) is 11.3. The highest BCUT2D eigenvalue weighted by atomic mass is 32.1. The lowest BCUT2D eigenvalue weighted by Crippen LogP contribution is -1.91. The molecular formula is C16H12OS3. The highest BCUT2D eigenvalue weighted by Crippen LogP contribution is 2.38. The van der Waals surface area contributed by atoms with Crippen molar-refractivity contribution in [1.82, 2.24) is 0 Å². The van der Waals surface area contributed by atoms with Crippen molar-refractivity contribution in [2.24, 2.45) is 0 Å². The predicted molar refractivity (Wildman–Crippen MR) is 89.5 cm³/mol. The maximum Gasteiger partial charge on any atom is 0.112 e. The lowest BCUT2D eigenvalue weighted by Gasteiger charge is -1.90. The van der Waals surface area contributed by atoms with Crippen LogP contribution >= 0.6 is 34.0 Å². The van der Waals surface area contributed by atoms with E-state index in [0.717, 1.165) is 4.88 Å². The Labute approximate surface area is 130 Å². The fourth-order valence-electron chi connectivity index (χ4n) is 1.73. The molecule has 20 heavy (non-hydrogen) atoms. The Balaban J connectivity index is 1.86. The van der Waals surface area contributed by atoms with Gasteiger partial charge in [0.15, 0.2) is 0 Å². The summed E-state index contributed by atoms with van der Waals surface area (Å²) in [5.41, 5.74) is 0. The zero-order chi connectivity index (χ0) is 13.9. The van der Waals surface area contributed by atoms with Gasteiger partial charge in [-0.2, -0.15) is 0 Å². The molecule has 100 valence electrons. The average molecular weight is 316 g/mol. The van der Waals surface area contributed by atoms with E-state index in [1.807, 2.05) is 6.07 Å². The summed E-state index contributed by atoms with van der Waals surface area (Å²) in [7, 11) is 0. The number of rotatable bonds is 2. The normalized spacial score (nSPS) is 11.9. The van der Waals surface area contributed by atoms with E-state index in [1.165, 1.54) is 19.5 Å². The van der Waals surface area contributed by atoms with E-state index >= 15 is 0 Å². The van der Waals surface area contributed by atoms with Gasteiger partial charge in [0.05, 0.1) is 4.88 Å². The predicted octanol–water partition coefficient (Wildman–Crippen LogP) is 4.94. The van der Waals surface area contributed by atoms with E-state index in [-0.39, 0.29) is 0 Å². The first-order valence-corrected chi connectivity index (χ1v) is 8.67. The molecule has 1 N–H and O–H groups in total. The molecule has 0 aliphatic carbocycles. The van der Waals surface area contributed by atoms with Gasteiger partial charge in [0.2, 0.25) is 0 Å². The molecule has 0 aliphatic heterocycles. The van der Waals surface area contributed by atoms with Gasteiger partial charge in [0, 0.05) is 19.5 Å². The summed E-state index contributed by atoms with van der Waals surface area (Å²) in [6.45, 7) is 1.67. The molecular weight excluding hydrogens is 304 g/mol. The van der Waals surface area contributed by atoms with Crippen molar-refractivity contribution in [1.29, 1.82) is 0 Å². The highest BCUT2D eigenvalue weighted by Gasteiger charge is 2.07. The van der Waals surface area contributed by atoms with Crippen molar-refractivity contribution in [3.05, 3.63) is 46.7 Å². The topological polar surface area (TPSA) is 20.2 Å². The van der Waals surface area contributed by atoms with Crippen molar-refractivity contribution in [2.75, 3.05) is 0 Å². The molecule has 0 bridgehead atoms. The van der Waals surface area contributed by atoms with E-state index < -0.39 is 6.10 Å². The second-order valence-electron chi connectivity index (χ2n) is 4.25. The van der Waals surface area contributed by atoms with Gasteiger partial charge in [0.1, 0.15) is 6.10 Å². The van der Waals surface area contributed by atoms with Crippen LogP contribution in [0, 0.1) is 11.8 Å². The first-order chi connectivity index (χ1) is 9.72. The molecule has 1 nitrogen and oxygen atoms in total. The standard InChI is InChI=1S/C16H12OS3/c1-11(17)4-5-12-6-7-15(19-12)16-9-8-14(20-16)13-3-2-10-18-13/h2-3,6-11,17H,1H3. The second kappa shape index (κ2) is 5.94. The molecule has 4 heteroatoms. The monoisotopic (exact) mass is 316 g/mol. The molecule has 3 rings (SSSR count). The second-order valence-corrected chi connectivity index (χ2v) is 7.37. The fourth-order valence-corrected chi connectivity index (χ4v) is 4.53. The summed E-state index contributed by atoms with van der Waals surface area (Å²) >= 11 is 5.24. The van der Waals surface area contributed by atoms with Gasteiger partial charge in [-0.3, -0.25) is 0 Å². The van der Waals surface area contributed by atoms with Crippen LogP contribution in [0.2, 0.25) is 0 Å². The van der Waals surface area contributed by atoms with Crippen molar-refractivity contribution in [3.63, 3.8) is 0 Å². The van der Waals surface area contributed by atoms with Crippen molar-refractivity contribution in [3.8, 4) is 31.3 Å². The zero-order valence-corrected chi connectivity index (χ0v) is 13.2. The van der Waals surface area contributed by atoms with Gasteiger partial charge >= 0.3 is 0 Å². The minimum atomic E-state index is -0.576. The molecule has 0 aliphatic rings. The van der Waals surface area contributed by atoms with Crippen LogP contribution in [0.5, 0.6) is 0 Å². The van der Waals surface area contributed by atoms with Crippen LogP contribution in [0.25, 0.3) is 19.5 Å². The van der Waals surface area contributed by atoms with Gasteiger partial charge in [-0.05, 0) is 42.6 Å². The van der Waals surface area contributed by atoms with Crippen LogP contribution < -0.4 is 0 Å². The Morgan fingerprint density at radius 1 is 0.950 bits per heavy atom. The fraction of sp³-hybridized carbons (Fsp3) is 0.125. The van der Waals surface area contributed by atoms with Gasteiger partial charge in [-0.25, -0.2) is 0 Å². The van der Waals surface area contributed by atoms with Crippen LogP contribution in [-0.2, 0) is 0 Å². The van der Waals surface area contributed by atoms with Crippen molar-refractivity contribution in [2.45, 2.75) is 13.0 Å². The zero-order valence-electron chi connectivity index (χ0n) is 10.8. The molecule has 0 saturated heterocycles. The molecule has 3 heterocycles. The third-order valence-corrected chi connectivity index (χ3v) is 5.97. The van der Waals surface area contributed by atoms with E-state index in [1.54, 1.807) is 40.9 Å². The number of hydrogen-bond donors (Lipinski definition) is 1. The van der Waals surface area contributed by atoms with E-state index in [4.69, 9.17) is 0 Å². The Kier molecular flexibility index (Phi) is 4.04. The molecule has 0 fully saturated rings. The van der Waals surface area contributed by atoms with Gasteiger partial charge in [-0.1, -0.05) is 17.9 Å². The van der Waals surface area contributed by atoms with Crippen LogP contribution in [0.1, 0.15) is 11.8 Å². The van der Waals surface area contributed by atoms with Crippen LogP contribution in [0.4, 0.5) is 0 Å². The van der Waals surface area contributed by atoms with Crippen LogP contribution in [-0.4, -0.2) is 11.2 Å². The van der Waals surface area contributed by atoms with E-state index in [2.05, 4.69) is 47.6 Å². The van der Waals surface area contributed by atoms with Crippen LogP contribution in [0.15, 0.2) is 41.8 Å². The molecule has 3 aromatic heterocycles. The molecule has 0 saturated carbocycles. The molecule has 1 unspecified atom stereocenters. The van der Waals surface area contributed by atoms with Crippen molar-refractivity contribution < 1.29 is 5.11 Å². The summed E-state index contributed by atoms with van der Waals surface area (Å²) in [6, 6.07) is 12.7. The third kappa shape index (κ3) is 3.02. The Bertz CT molecular complexity index is 751. The Morgan fingerprint density at radius 3 is 2.35 bits per heavy atom. The molecule has 0 aromatic carbocycles. The van der Waals surface area contributed by atoms with E-state index in [0.29, 0.717) is 0 Å². The first-order valence-electron chi connectivity index (χ1n) is 6.16. The maximum atomic E-state index is 9.18. The number of thiophene rings is 3. The average Bonchev–Trinajstić information content (AvgIpc) is 3.15.